The standard InChI is InChI=1S/C17H16Cl2N2O3/c1-21(2)17(23)11-6-8-12(9-7-11)20-15(22)10-24-14-5-3-4-13(18)16(14)19/h3-9H,10H2,1-2H3,(H,20,22). The molecule has 0 saturated carbocycles. The van der Waals surface area contributed by atoms with Gasteiger partial charge in [0, 0.05) is 25.3 Å². The number of anilines is 1. The van der Waals surface area contributed by atoms with Crippen molar-refractivity contribution in [1.82, 2.24) is 4.90 Å². The highest BCUT2D eigenvalue weighted by Crippen LogP contribution is 2.31. The third kappa shape index (κ3) is 4.63. The molecule has 1 N–H and O–H groups in total. The van der Waals surface area contributed by atoms with Crippen LogP contribution in [0.15, 0.2) is 42.5 Å². The smallest absolute Gasteiger partial charge is 0.262 e. The van der Waals surface area contributed by atoms with Crippen LogP contribution < -0.4 is 10.1 Å². The minimum Gasteiger partial charge on any atom is -0.482 e. The van der Waals surface area contributed by atoms with Crippen molar-refractivity contribution in [3.05, 3.63) is 58.1 Å². The van der Waals surface area contributed by atoms with Crippen LogP contribution >= 0.6 is 23.2 Å². The lowest BCUT2D eigenvalue weighted by molar-refractivity contribution is -0.118. The maximum atomic E-state index is 11.9. The summed E-state index contributed by atoms with van der Waals surface area (Å²) >= 11 is 11.9. The Hall–Kier alpha value is -2.24. The number of carbonyl (C=O) groups is 2. The highest BCUT2D eigenvalue weighted by Gasteiger charge is 2.10. The highest BCUT2D eigenvalue weighted by molar-refractivity contribution is 6.42. The SMILES string of the molecule is CN(C)C(=O)c1ccc(NC(=O)COc2cccc(Cl)c2Cl)cc1. The van der Waals surface area contributed by atoms with Crippen LogP contribution in [0.25, 0.3) is 0 Å². The zero-order chi connectivity index (χ0) is 17.7. The van der Waals surface area contributed by atoms with Crippen molar-refractivity contribution in [2.45, 2.75) is 0 Å². The lowest BCUT2D eigenvalue weighted by Crippen LogP contribution is -2.22. The van der Waals surface area contributed by atoms with Gasteiger partial charge >= 0.3 is 0 Å². The number of hydrogen-bond donors (Lipinski definition) is 1. The second-order valence-electron chi connectivity index (χ2n) is 5.17. The molecular formula is C17H16Cl2N2O3. The van der Waals surface area contributed by atoms with E-state index in [1.165, 1.54) is 4.90 Å². The van der Waals surface area contributed by atoms with E-state index in [1.54, 1.807) is 56.6 Å². The van der Waals surface area contributed by atoms with Gasteiger partial charge in [0.25, 0.3) is 11.8 Å². The molecule has 0 aromatic heterocycles. The van der Waals surface area contributed by atoms with Crippen LogP contribution in [-0.4, -0.2) is 37.4 Å². The molecule has 0 heterocycles. The van der Waals surface area contributed by atoms with Gasteiger partial charge in [0.15, 0.2) is 6.61 Å². The second-order valence-corrected chi connectivity index (χ2v) is 5.95. The van der Waals surface area contributed by atoms with E-state index in [-0.39, 0.29) is 23.4 Å². The normalized spacial score (nSPS) is 10.2. The number of nitrogens with one attached hydrogen (secondary N) is 1. The van der Waals surface area contributed by atoms with Crippen LogP contribution in [0.4, 0.5) is 5.69 Å². The Morgan fingerprint density at radius 3 is 2.38 bits per heavy atom. The molecule has 2 aromatic rings. The zero-order valence-electron chi connectivity index (χ0n) is 13.2. The Labute approximate surface area is 150 Å². The van der Waals surface area contributed by atoms with Crippen LogP contribution in [0.1, 0.15) is 10.4 Å². The number of benzene rings is 2. The van der Waals surface area contributed by atoms with Crippen molar-refractivity contribution in [2.75, 3.05) is 26.0 Å². The number of ether oxygens (including phenoxy) is 1. The monoisotopic (exact) mass is 366 g/mol. The molecule has 2 aromatic carbocycles. The molecule has 5 nitrogen and oxygen atoms in total. The van der Waals surface area contributed by atoms with Gasteiger partial charge in [-0.25, -0.2) is 0 Å². The molecule has 126 valence electrons. The molecule has 0 atom stereocenters. The molecule has 24 heavy (non-hydrogen) atoms. The molecule has 0 aliphatic rings. The van der Waals surface area contributed by atoms with Crippen molar-refractivity contribution in [3.63, 3.8) is 0 Å². The third-order valence-electron chi connectivity index (χ3n) is 3.10. The average molecular weight is 367 g/mol. The summed E-state index contributed by atoms with van der Waals surface area (Å²) in [6.07, 6.45) is 0. The minimum atomic E-state index is -0.349. The molecule has 0 unspecified atom stereocenters. The van der Waals surface area contributed by atoms with Gasteiger partial charge < -0.3 is 15.0 Å². The van der Waals surface area contributed by atoms with Gasteiger partial charge in [-0.1, -0.05) is 29.3 Å². The second kappa shape index (κ2) is 8.04. The van der Waals surface area contributed by atoms with Gasteiger partial charge in [-0.2, -0.15) is 0 Å². The zero-order valence-corrected chi connectivity index (χ0v) is 14.7. The van der Waals surface area contributed by atoms with Crippen LogP contribution in [-0.2, 0) is 4.79 Å². The van der Waals surface area contributed by atoms with Crippen LogP contribution in [0.5, 0.6) is 5.75 Å². The molecule has 0 aliphatic heterocycles. The van der Waals surface area contributed by atoms with Crippen LogP contribution in [0, 0.1) is 0 Å². The first-order valence-electron chi connectivity index (χ1n) is 7.07. The average Bonchev–Trinajstić information content (AvgIpc) is 2.56. The Morgan fingerprint density at radius 2 is 1.75 bits per heavy atom. The maximum Gasteiger partial charge on any atom is 0.262 e. The number of carbonyl (C=O) groups excluding carboxylic acids is 2. The first-order valence-corrected chi connectivity index (χ1v) is 7.82. The summed E-state index contributed by atoms with van der Waals surface area (Å²) in [4.78, 5) is 25.2. The van der Waals surface area contributed by atoms with E-state index in [0.717, 1.165) is 0 Å². The molecule has 2 rings (SSSR count). The lowest BCUT2D eigenvalue weighted by Gasteiger charge is -2.11. The highest BCUT2D eigenvalue weighted by atomic mass is 35.5. The van der Waals surface area contributed by atoms with E-state index >= 15 is 0 Å². The molecule has 7 heteroatoms. The topological polar surface area (TPSA) is 58.6 Å². The summed E-state index contributed by atoms with van der Waals surface area (Å²) in [6, 6.07) is 11.5. The van der Waals surface area contributed by atoms with Crippen LogP contribution in [0.3, 0.4) is 0 Å². The van der Waals surface area contributed by atoms with E-state index in [2.05, 4.69) is 5.32 Å². The van der Waals surface area contributed by atoms with Crippen LogP contribution in [0.2, 0.25) is 10.0 Å². The largest absolute Gasteiger partial charge is 0.482 e. The fourth-order valence-electron chi connectivity index (χ4n) is 1.89. The van der Waals surface area contributed by atoms with Gasteiger partial charge in [0.05, 0.1) is 5.02 Å². The third-order valence-corrected chi connectivity index (χ3v) is 3.90. The number of nitrogens with zero attached hydrogens (tertiary/aromatic N) is 1. The summed E-state index contributed by atoms with van der Waals surface area (Å²) in [5.74, 6) is -0.115. The van der Waals surface area contributed by atoms with Gasteiger partial charge in [0.2, 0.25) is 0 Å². The summed E-state index contributed by atoms with van der Waals surface area (Å²) < 4.78 is 5.36. The van der Waals surface area contributed by atoms with Gasteiger partial charge in [-0.05, 0) is 36.4 Å². The van der Waals surface area contributed by atoms with Gasteiger partial charge in [0.1, 0.15) is 10.8 Å². The lowest BCUT2D eigenvalue weighted by atomic mass is 10.2. The van der Waals surface area contributed by atoms with E-state index in [0.29, 0.717) is 22.0 Å². The van der Waals surface area contributed by atoms with E-state index in [9.17, 15) is 9.59 Å². The van der Waals surface area contributed by atoms with Crippen molar-refractivity contribution in [1.29, 1.82) is 0 Å². The summed E-state index contributed by atoms with van der Waals surface area (Å²) in [5, 5.41) is 3.30. The quantitative estimate of drug-likeness (QED) is 0.877. The predicted octanol–water partition coefficient (Wildman–Crippen LogP) is 3.71. The number of rotatable bonds is 5. The molecule has 0 radical (unpaired) electrons. The summed E-state index contributed by atoms with van der Waals surface area (Å²) in [7, 11) is 3.35. The fourth-order valence-corrected chi connectivity index (χ4v) is 2.24. The Bertz CT molecular complexity index is 746. The summed E-state index contributed by atoms with van der Waals surface area (Å²) in [5.41, 5.74) is 1.11. The number of halogens is 2. The number of amides is 2. The minimum absolute atomic E-state index is 0.105. The maximum absolute atomic E-state index is 11.9. The summed E-state index contributed by atoms with van der Waals surface area (Å²) in [6.45, 7) is -0.210. The first kappa shape index (κ1) is 18.1. The van der Waals surface area contributed by atoms with Crippen molar-refractivity contribution < 1.29 is 14.3 Å². The van der Waals surface area contributed by atoms with Crippen molar-refractivity contribution >= 4 is 40.7 Å². The molecule has 0 bridgehead atoms. The van der Waals surface area contributed by atoms with E-state index in [1.807, 2.05) is 0 Å². The molecule has 0 fully saturated rings. The number of hydrogen-bond acceptors (Lipinski definition) is 3. The molecule has 0 spiro atoms. The van der Waals surface area contributed by atoms with Gasteiger partial charge in [-0.3, -0.25) is 9.59 Å². The Kier molecular flexibility index (Phi) is 6.06. The van der Waals surface area contributed by atoms with E-state index < -0.39 is 0 Å². The molecular weight excluding hydrogens is 351 g/mol. The van der Waals surface area contributed by atoms with Crippen molar-refractivity contribution in [3.8, 4) is 5.75 Å². The van der Waals surface area contributed by atoms with E-state index in [4.69, 9.17) is 27.9 Å². The molecule has 2 amide bonds. The molecule has 0 aliphatic carbocycles. The Balaban J connectivity index is 1.93. The Morgan fingerprint density at radius 1 is 1.08 bits per heavy atom. The first-order chi connectivity index (χ1) is 11.4. The fraction of sp³-hybridized carbons (Fsp3) is 0.176. The van der Waals surface area contributed by atoms with Gasteiger partial charge in [-0.15, -0.1) is 0 Å². The molecule has 0 saturated heterocycles. The predicted molar refractivity (Wildman–Crippen MR) is 95.0 cm³/mol. The van der Waals surface area contributed by atoms with Crippen molar-refractivity contribution in [2.24, 2.45) is 0 Å².